The van der Waals surface area contributed by atoms with Gasteiger partial charge in [-0.25, -0.2) is 12.8 Å². The molecule has 0 saturated carbocycles. The number of carboxylic acids is 1. The molecule has 21 heavy (non-hydrogen) atoms. The van der Waals surface area contributed by atoms with E-state index < -0.39 is 33.2 Å². The molecular formula is C13H16FNO4S2. The number of thioether (sulfide) groups is 1. The minimum Gasteiger partial charge on any atom is -0.480 e. The van der Waals surface area contributed by atoms with Gasteiger partial charge in [0.2, 0.25) is 10.0 Å². The molecule has 5 nitrogen and oxygen atoms in total. The van der Waals surface area contributed by atoms with Gasteiger partial charge in [-0.3, -0.25) is 4.79 Å². The van der Waals surface area contributed by atoms with Crippen LogP contribution in [0.25, 0.3) is 0 Å². The zero-order valence-electron chi connectivity index (χ0n) is 11.6. The summed E-state index contributed by atoms with van der Waals surface area (Å²) in [6, 6.07) is 3.32. The molecule has 0 aromatic heterocycles. The van der Waals surface area contributed by atoms with Gasteiger partial charge < -0.3 is 5.11 Å². The molecule has 2 rings (SSSR count). The summed E-state index contributed by atoms with van der Waals surface area (Å²) in [4.78, 5) is 11.2. The maximum Gasteiger partial charge on any atom is 0.322 e. The zero-order valence-corrected chi connectivity index (χ0v) is 13.2. The number of hydrogen-bond acceptors (Lipinski definition) is 4. The molecular weight excluding hydrogens is 317 g/mol. The summed E-state index contributed by atoms with van der Waals surface area (Å²) in [6.45, 7) is 3.68. The topological polar surface area (TPSA) is 74.7 Å². The molecule has 1 N–H and O–H groups in total. The third-order valence-electron chi connectivity index (χ3n) is 3.23. The van der Waals surface area contributed by atoms with Crippen molar-refractivity contribution in [3.05, 3.63) is 30.1 Å². The molecule has 116 valence electrons. The van der Waals surface area contributed by atoms with Crippen LogP contribution in [-0.4, -0.2) is 41.0 Å². The Morgan fingerprint density at radius 3 is 2.43 bits per heavy atom. The van der Waals surface area contributed by atoms with E-state index in [1.54, 1.807) is 0 Å². The number of benzene rings is 1. The molecule has 2 atom stereocenters. The fourth-order valence-corrected chi connectivity index (χ4v) is 5.93. The Bertz CT molecular complexity index is 630. The van der Waals surface area contributed by atoms with Crippen LogP contribution in [0.1, 0.15) is 13.8 Å². The van der Waals surface area contributed by atoms with Crippen molar-refractivity contribution < 1.29 is 22.7 Å². The van der Waals surface area contributed by atoms with Gasteiger partial charge in [-0.05, 0) is 30.2 Å². The van der Waals surface area contributed by atoms with E-state index in [4.69, 9.17) is 0 Å². The number of carboxylic acid groups (broad SMARTS) is 1. The van der Waals surface area contributed by atoms with E-state index >= 15 is 0 Å². The highest BCUT2D eigenvalue weighted by Gasteiger charge is 2.47. The number of nitrogens with zero attached hydrogens (tertiary/aromatic N) is 1. The van der Waals surface area contributed by atoms with Crippen molar-refractivity contribution in [1.82, 2.24) is 4.31 Å². The molecule has 1 heterocycles. The van der Waals surface area contributed by atoms with Crippen LogP contribution in [-0.2, 0) is 14.8 Å². The predicted octanol–water partition coefficient (Wildman–Crippen LogP) is 2.00. The average Bonchev–Trinajstić information content (AvgIpc) is 2.84. The summed E-state index contributed by atoms with van der Waals surface area (Å²) in [6.07, 6.45) is 0. The monoisotopic (exact) mass is 333 g/mol. The van der Waals surface area contributed by atoms with Crippen LogP contribution in [0.2, 0.25) is 0 Å². The van der Waals surface area contributed by atoms with Crippen molar-refractivity contribution in [2.24, 2.45) is 5.92 Å². The Labute approximate surface area is 127 Å². The first kappa shape index (κ1) is 16.3. The number of hydrogen-bond donors (Lipinski definition) is 1. The van der Waals surface area contributed by atoms with Gasteiger partial charge in [0, 0.05) is 5.75 Å². The van der Waals surface area contributed by atoms with Gasteiger partial charge in [0.25, 0.3) is 0 Å². The van der Waals surface area contributed by atoms with Crippen LogP contribution in [0.15, 0.2) is 29.2 Å². The fourth-order valence-electron chi connectivity index (χ4n) is 2.21. The lowest BCUT2D eigenvalue weighted by Gasteiger charge is -2.28. The molecule has 2 unspecified atom stereocenters. The first-order valence-corrected chi connectivity index (χ1v) is 8.87. The molecule has 0 spiro atoms. The van der Waals surface area contributed by atoms with Gasteiger partial charge in [-0.1, -0.05) is 13.8 Å². The lowest BCUT2D eigenvalue weighted by atomic mass is 10.2. The second kappa shape index (κ2) is 5.94. The standard InChI is InChI=1S/C13H16FNO4S2/c1-8(2)12-15(11(7-20-12)13(16)17)21(18,19)10-5-3-9(14)4-6-10/h3-6,8,11-12H,7H2,1-2H3,(H,16,17). The Kier molecular flexibility index (Phi) is 4.60. The molecule has 1 aromatic carbocycles. The Morgan fingerprint density at radius 2 is 1.95 bits per heavy atom. The van der Waals surface area contributed by atoms with Crippen molar-refractivity contribution >= 4 is 27.8 Å². The van der Waals surface area contributed by atoms with Gasteiger partial charge in [0.1, 0.15) is 11.9 Å². The minimum absolute atomic E-state index is 0.0328. The molecule has 1 aromatic rings. The van der Waals surface area contributed by atoms with Crippen LogP contribution in [0.3, 0.4) is 0 Å². The van der Waals surface area contributed by atoms with Crippen molar-refractivity contribution in [3.8, 4) is 0 Å². The summed E-state index contributed by atoms with van der Waals surface area (Å²) in [7, 11) is -3.98. The molecule has 8 heteroatoms. The van der Waals surface area contributed by atoms with Crippen molar-refractivity contribution in [2.75, 3.05) is 5.75 Å². The van der Waals surface area contributed by atoms with Crippen molar-refractivity contribution in [2.45, 2.75) is 30.2 Å². The van der Waals surface area contributed by atoms with Gasteiger partial charge in [-0.2, -0.15) is 4.31 Å². The smallest absolute Gasteiger partial charge is 0.322 e. The fraction of sp³-hybridized carbons (Fsp3) is 0.462. The Balaban J connectivity index is 2.47. The Hall–Kier alpha value is -1.12. The van der Waals surface area contributed by atoms with Crippen molar-refractivity contribution in [3.63, 3.8) is 0 Å². The van der Waals surface area contributed by atoms with E-state index in [9.17, 15) is 22.7 Å². The number of sulfonamides is 1. The quantitative estimate of drug-likeness (QED) is 0.912. The largest absolute Gasteiger partial charge is 0.480 e. The highest BCUT2D eigenvalue weighted by atomic mass is 32.2. The maximum atomic E-state index is 13.0. The molecule has 0 aliphatic carbocycles. The maximum absolute atomic E-state index is 13.0. The molecule has 1 saturated heterocycles. The van der Waals surface area contributed by atoms with Crippen LogP contribution < -0.4 is 0 Å². The third kappa shape index (κ3) is 3.07. The van der Waals surface area contributed by atoms with Crippen LogP contribution in [0.4, 0.5) is 4.39 Å². The number of halogens is 1. The third-order valence-corrected chi connectivity index (χ3v) is 6.89. The summed E-state index contributed by atoms with van der Waals surface area (Å²) in [5, 5.41) is 8.81. The number of aliphatic carboxylic acids is 1. The molecule has 0 amide bonds. The SMILES string of the molecule is CC(C)C1SCC(C(=O)O)N1S(=O)(=O)c1ccc(F)cc1. The first-order chi connectivity index (χ1) is 9.75. The summed E-state index contributed by atoms with van der Waals surface area (Å²) in [5.74, 6) is -1.54. The molecule has 0 radical (unpaired) electrons. The van der Waals surface area contributed by atoms with Crippen molar-refractivity contribution in [1.29, 1.82) is 0 Å². The lowest BCUT2D eigenvalue weighted by Crippen LogP contribution is -2.46. The van der Waals surface area contributed by atoms with E-state index in [2.05, 4.69) is 0 Å². The van der Waals surface area contributed by atoms with Crippen LogP contribution >= 0.6 is 11.8 Å². The van der Waals surface area contributed by atoms with Gasteiger partial charge >= 0.3 is 5.97 Å². The number of rotatable bonds is 4. The van der Waals surface area contributed by atoms with E-state index in [0.29, 0.717) is 0 Å². The summed E-state index contributed by atoms with van der Waals surface area (Å²) < 4.78 is 39.4. The van der Waals surface area contributed by atoms with E-state index in [1.807, 2.05) is 13.8 Å². The zero-order chi connectivity index (χ0) is 15.8. The van der Waals surface area contributed by atoms with E-state index in [1.165, 1.54) is 11.8 Å². The second-order valence-corrected chi connectivity index (χ2v) is 8.10. The average molecular weight is 333 g/mol. The Morgan fingerprint density at radius 1 is 1.38 bits per heavy atom. The van der Waals surface area contributed by atoms with Gasteiger partial charge in [0.15, 0.2) is 0 Å². The molecule has 1 aliphatic rings. The normalized spacial score (nSPS) is 23.6. The highest BCUT2D eigenvalue weighted by molar-refractivity contribution is 8.01. The van der Waals surface area contributed by atoms with Gasteiger partial charge in [0.05, 0.1) is 10.3 Å². The van der Waals surface area contributed by atoms with E-state index in [-0.39, 0.29) is 16.6 Å². The summed E-state index contributed by atoms with van der Waals surface area (Å²) in [5.41, 5.74) is 0. The van der Waals surface area contributed by atoms with Crippen LogP contribution in [0.5, 0.6) is 0 Å². The minimum atomic E-state index is -3.98. The second-order valence-electron chi connectivity index (χ2n) is 5.11. The molecule has 0 bridgehead atoms. The lowest BCUT2D eigenvalue weighted by molar-refractivity contribution is -0.140. The number of carbonyl (C=O) groups is 1. The first-order valence-electron chi connectivity index (χ1n) is 6.38. The van der Waals surface area contributed by atoms with E-state index in [0.717, 1.165) is 28.6 Å². The predicted molar refractivity (Wildman–Crippen MR) is 77.9 cm³/mol. The van der Waals surface area contributed by atoms with Gasteiger partial charge in [-0.15, -0.1) is 11.8 Å². The molecule has 1 fully saturated rings. The van der Waals surface area contributed by atoms with Crippen LogP contribution in [0, 0.1) is 11.7 Å². The highest BCUT2D eigenvalue weighted by Crippen LogP contribution is 2.38. The summed E-state index contributed by atoms with van der Waals surface area (Å²) >= 11 is 1.31. The molecule has 1 aliphatic heterocycles.